The summed E-state index contributed by atoms with van der Waals surface area (Å²) in [5.41, 5.74) is -2.73. The van der Waals surface area contributed by atoms with Crippen molar-refractivity contribution in [3.63, 3.8) is 0 Å². The van der Waals surface area contributed by atoms with Crippen LogP contribution in [-0.2, 0) is 18.8 Å². The second-order valence-electron chi connectivity index (χ2n) is 8.03. The molecule has 1 saturated heterocycles. The maximum atomic E-state index is 13.8. The summed E-state index contributed by atoms with van der Waals surface area (Å²) in [5.74, 6) is 1.10. The smallest absolute Gasteiger partial charge is 0.336 e. The Labute approximate surface area is 194 Å². The fourth-order valence-electron chi connectivity index (χ4n) is 4.21. The first-order valence-electron chi connectivity index (χ1n) is 10.5. The molecule has 3 aromatic rings. The Balaban J connectivity index is 1.58. The quantitative estimate of drug-likeness (QED) is 0.548. The summed E-state index contributed by atoms with van der Waals surface area (Å²) in [6.07, 6.45) is -8.12. The molecule has 5 rings (SSSR count). The molecular weight excluding hydrogens is 480 g/mol. The SMILES string of the molecule is Cc1nc2c(c(-n3ccc(N4CCNC4=O)n3)n1)CCN2c1ccc(C(F)(F)F)cc1C(F)(F)F. The molecule has 0 bridgehead atoms. The van der Waals surface area contributed by atoms with Gasteiger partial charge in [0.25, 0.3) is 0 Å². The highest BCUT2D eigenvalue weighted by atomic mass is 19.4. The normalized spacial score (nSPS) is 16.1. The van der Waals surface area contributed by atoms with Crippen LogP contribution in [0.2, 0.25) is 0 Å². The number of urea groups is 1. The summed E-state index contributed by atoms with van der Waals surface area (Å²) in [6, 6.07) is 2.86. The molecule has 2 aliphatic rings. The van der Waals surface area contributed by atoms with Crippen LogP contribution in [0.1, 0.15) is 22.5 Å². The fraction of sp³-hybridized carbons (Fsp3) is 0.333. The standard InChI is InChI=1S/C21H17F6N7O/c1-11-29-17-13(18(30-11)34-8-5-16(31-34)33-9-6-28-19(33)35)4-7-32(17)15-3-2-12(20(22,23)24)10-14(15)21(25,26)27/h2-3,5,8,10H,4,6-7,9H2,1H3,(H,28,35). The average molecular weight is 497 g/mol. The number of aromatic nitrogens is 4. The van der Waals surface area contributed by atoms with Crippen molar-refractivity contribution in [1.29, 1.82) is 0 Å². The predicted octanol–water partition coefficient (Wildman–Crippen LogP) is 4.23. The van der Waals surface area contributed by atoms with Crippen LogP contribution in [0.15, 0.2) is 30.5 Å². The zero-order chi connectivity index (χ0) is 25.1. The zero-order valence-corrected chi connectivity index (χ0v) is 18.1. The molecule has 0 saturated carbocycles. The Morgan fingerprint density at radius 1 is 0.943 bits per heavy atom. The number of aryl methyl sites for hydroxylation is 1. The van der Waals surface area contributed by atoms with E-state index in [0.717, 1.165) is 6.07 Å². The topological polar surface area (TPSA) is 79.2 Å². The summed E-state index contributed by atoms with van der Waals surface area (Å²) in [6.45, 7) is 2.50. The Morgan fingerprint density at radius 3 is 2.34 bits per heavy atom. The minimum Gasteiger partial charge on any atom is -0.336 e. The van der Waals surface area contributed by atoms with E-state index in [9.17, 15) is 31.1 Å². The van der Waals surface area contributed by atoms with Gasteiger partial charge in [-0.3, -0.25) is 4.90 Å². The largest absolute Gasteiger partial charge is 0.418 e. The molecule has 2 amide bonds. The molecule has 35 heavy (non-hydrogen) atoms. The highest BCUT2D eigenvalue weighted by Gasteiger charge is 2.41. The van der Waals surface area contributed by atoms with Gasteiger partial charge in [0.05, 0.1) is 16.8 Å². The second kappa shape index (κ2) is 7.85. The lowest BCUT2D eigenvalue weighted by atomic mass is 10.1. The zero-order valence-electron chi connectivity index (χ0n) is 18.1. The molecule has 2 aliphatic heterocycles. The molecule has 1 fully saturated rings. The third kappa shape index (κ3) is 4.02. The number of carbonyl (C=O) groups is 1. The Kier molecular flexibility index (Phi) is 5.14. The number of nitrogens with one attached hydrogen (secondary N) is 1. The molecular formula is C21H17F6N7O. The first-order chi connectivity index (χ1) is 16.4. The summed E-state index contributed by atoms with van der Waals surface area (Å²) >= 11 is 0. The number of alkyl halides is 6. The Hall–Kier alpha value is -3.84. The third-order valence-corrected chi connectivity index (χ3v) is 5.76. The molecule has 0 unspecified atom stereocenters. The van der Waals surface area contributed by atoms with E-state index in [-0.39, 0.29) is 36.7 Å². The minimum atomic E-state index is -5.02. The van der Waals surface area contributed by atoms with Gasteiger partial charge in [-0.25, -0.2) is 19.4 Å². The van der Waals surface area contributed by atoms with Crippen molar-refractivity contribution in [2.45, 2.75) is 25.7 Å². The first-order valence-corrected chi connectivity index (χ1v) is 10.5. The second-order valence-corrected chi connectivity index (χ2v) is 8.03. The number of fused-ring (bicyclic) bond motifs is 1. The summed E-state index contributed by atoms with van der Waals surface area (Å²) in [4.78, 5) is 23.3. The van der Waals surface area contributed by atoms with E-state index in [0.29, 0.717) is 36.4 Å². The van der Waals surface area contributed by atoms with Gasteiger partial charge >= 0.3 is 18.4 Å². The number of carbonyl (C=O) groups excluding carboxylic acids is 1. The predicted molar refractivity (Wildman–Crippen MR) is 112 cm³/mol. The van der Waals surface area contributed by atoms with Crippen LogP contribution in [0.5, 0.6) is 0 Å². The maximum Gasteiger partial charge on any atom is 0.418 e. The van der Waals surface area contributed by atoms with E-state index in [4.69, 9.17) is 0 Å². The lowest BCUT2D eigenvalue weighted by Gasteiger charge is -2.24. The van der Waals surface area contributed by atoms with Crippen LogP contribution in [0.4, 0.5) is 48.5 Å². The Bertz CT molecular complexity index is 1320. The monoisotopic (exact) mass is 497 g/mol. The van der Waals surface area contributed by atoms with Crippen LogP contribution in [0.3, 0.4) is 0 Å². The lowest BCUT2D eigenvalue weighted by Crippen LogP contribution is -2.28. The van der Waals surface area contributed by atoms with E-state index in [2.05, 4.69) is 20.4 Å². The van der Waals surface area contributed by atoms with Gasteiger partial charge in [0.15, 0.2) is 11.6 Å². The molecule has 4 heterocycles. The van der Waals surface area contributed by atoms with Crippen molar-refractivity contribution < 1.29 is 31.1 Å². The van der Waals surface area contributed by atoms with E-state index in [1.54, 1.807) is 19.2 Å². The van der Waals surface area contributed by atoms with Crippen LogP contribution in [-0.4, -0.2) is 45.4 Å². The van der Waals surface area contributed by atoms with E-state index in [1.807, 2.05) is 0 Å². The van der Waals surface area contributed by atoms with Crippen LogP contribution in [0.25, 0.3) is 5.82 Å². The van der Waals surface area contributed by atoms with Crippen molar-refractivity contribution in [2.24, 2.45) is 0 Å². The lowest BCUT2D eigenvalue weighted by molar-refractivity contribution is -0.142. The van der Waals surface area contributed by atoms with Crippen LogP contribution >= 0.6 is 0 Å². The van der Waals surface area contributed by atoms with Crippen molar-refractivity contribution in [1.82, 2.24) is 25.1 Å². The molecule has 8 nitrogen and oxygen atoms in total. The van der Waals surface area contributed by atoms with Crippen LogP contribution in [0, 0.1) is 6.92 Å². The minimum absolute atomic E-state index is 0.0531. The number of hydrogen-bond acceptors (Lipinski definition) is 5. The summed E-state index contributed by atoms with van der Waals surface area (Å²) in [7, 11) is 0. The van der Waals surface area contributed by atoms with Gasteiger partial charge in [0.1, 0.15) is 11.6 Å². The number of benzene rings is 1. The number of halogens is 6. The summed E-state index contributed by atoms with van der Waals surface area (Å²) < 4.78 is 82.0. The van der Waals surface area contributed by atoms with Crippen molar-refractivity contribution in [2.75, 3.05) is 29.4 Å². The van der Waals surface area contributed by atoms with Crippen molar-refractivity contribution in [3.8, 4) is 5.82 Å². The van der Waals surface area contributed by atoms with Gasteiger partial charge in [-0.2, -0.15) is 26.3 Å². The van der Waals surface area contributed by atoms with Gasteiger partial charge < -0.3 is 10.2 Å². The molecule has 184 valence electrons. The van der Waals surface area contributed by atoms with Gasteiger partial charge in [0.2, 0.25) is 0 Å². The molecule has 0 aliphatic carbocycles. The van der Waals surface area contributed by atoms with E-state index in [1.165, 1.54) is 14.5 Å². The van der Waals surface area contributed by atoms with E-state index < -0.39 is 29.2 Å². The first kappa shape index (κ1) is 22.9. The molecule has 1 aromatic carbocycles. The van der Waals surface area contributed by atoms with Crippen molar-refractivity contribution >= 4 is 23.4 Å². The summed E-state index contributed by atoms with van der Waals surface area (Å²) in [5, 5.41) is 7.06. The van der Waals surface area contributed by atoms with Gasteiger partial charge in [-0.05, 0) is 31.5 Å². The number of anilines is 3. The van der Waals surface area contributed by atoms with Gasteiger partial charge in [-0.15, -0.1) is 5.10 Å². The maximum absolute atomic E-state index is 13.8. The van der Waals surface area contributed by atoms with Crippen LogP contribution < -0.4 is 15.1 Å². The Morgan fingerprint density at radius 2 is 1.69 bits per heavy atom. The fourth-order valence-corrected chi connectivity index (χ4v) is 4.21. The van der Waals surface area contributed by atoms with Crippen molar-refractivity contribution in [3.05, 3.63) is 53.0 Å². The molecule has 2 aromatic heterocycles. The molecule has 0 spiro atoms. The van der Waals surface area contributed by atoms with Gasteiger partial charge in [0, 0.05) is 37.5 Å². The highest BCUT2D eigenvalue weighted by molar-refractivity contribution is 5.93. The highest BCUT2D eigenvalue weighted by Crippen LogP contribution is 2.44. The number of rotatable bonds is 3. The molecule has 0 radical (unpaired) electrons. The average Bonchev–Trinajstić information content (AvgIpc) is 3.50. The molecule has 0 atom stereocenters. The molecule has 14 heteroatoms. The third-order valence-electron chi connectivity index (χ3n) is 5.76. The molecule has 1 N–H and O–H groups in total. The number of amides is 2. The number of nitrogens with zero attached hydrogens (tertiary/aromatic N) is 6. The number of hydrogen-bond donors (Lipinski definition) is 1. The van der Waals surface area contributed by atoms with E-state index >= 15 is 0 Å². The van der Waals surface area contributed by atoms with Gasteiger partial charge in [-0.1, -0.05) is 0 Å².